The molecule has 1 heterocycles. The third kappa shape index (κ3) is 3.65. The molecule has 0 spiro atoms. The SMILES string of the molecule is CCc1cc(C(=O)NCC(CC)(CC)C(=O)O)oc1CC. The fourth-order valence-electron chi connectivity index (χ4n) is 2.39. The number of nitrogens with one attached hydrogen (secondary N) is 1. The van der Waals surface area contributed by atoms with Gasteiger partial charge in [-0.1, -0.05) is 27.7 Å². The van der Waals surface area contributed by atoms with Crippen LogP contribution in [0.5, 0.6) is 0 Å². The number of aliphatic carboxylic acids is 1. The fourth-order valence-corrected chi connectivity index (χ4v) is 2.39. The summed E-state index contributed by atoms with van der Waals surface area (Å²) in [5.41, 5.74) is 0.113. The molecule has 1 aromatic rings. The van der Waals surface area contributed by atoms with Crippen LogP contribution in [0, 0.1) is 5.41 Å². The van der Waals surface area contributed by atoms with E-state index < -0.39 is 11.4 Å². The Hall–Kier alpha value is -1.78. The van der Waals surface area contributed by atoms with Gasteiger partial charge in [0, 0.05) is 13.0 Å². The molecule has 5 heteroatoms. The summed E-state index contributed by atoms with van der Waals surface area (Å²) in [6.07, 6.45) is 2.48. The molecule has 5 nitrogen and oxygen atoms in total. The van der Waals surface area contributed by atoms with Crippen LogP contribution in [0.15, 0.2) is 10.5 Å². The highest BCUT2D eigenvalue weighted by molar-refractivity contribution is 5.92. The first-order valence-corrected chi connectivity index (χ1v) is 7.57. The average Bonchev–Trinajstić information content (AvgIpc) is 2.91. The molecular formula is C16H25NO4. The van der Waals surface area contributed by atoms with E-state index >= 15 is 0 Å². The molecule has 0 aliphatic carbocycles. The first-order valence-electron chi connectivity index (χ1n) is 7.57. The third-order valence-electron chi connectivity index (χ3n) is 4.22. The Bertz CT molecular complexity index is 479. The number of amides is 1. The van der Waals surface area contributed by atoms with Crippen molar-refractivity contribution in [1.82, 2.24) is 5.32 Å². The second-order valence-corrected chi connectivity index (χ2v) is 5.24. The predicted octanol–water partition coefficient (Wildman–Crippen LogP) is 3.03. The molecule has 0 saturated heterocycles. The first kappa shape index (κ1) is 17.3. The second-order valence-electron chi connectivity index (χ2n) is 5.24. The summed E-state index contributed by atoms with van der Waals surface area (Å²) in [6, 6.07) is 1.74. The molecule has 0 aliphatic heterocycles. The number of aryl methyl sites for hydroxylation is 2. The molecule has 0 fully saturated rings. The highest BCUT2D eigenvalue weighted by Gasteiger charge is 2.35. The van der Waals surface area contributed by atoms with Crippen LogP contribution in [0.4, 0.5) is 0 Å². The monoisotopic (exact) mass is 295 g/mol. The zero-order chi connectivity index (χ0) is 16.0. The molecule has 0 atom stereocenters. The first-order chi connectivity index (χ1) is 9.93. The summed E-state index contributed by atoms with van der Waals surface area (Å²) in [5.74, 6) is -0.152. The summed E-state index contributed by atoms with van der Waals surface area (Å²) in [6.45, 7) is 7.73. The molecule has 118 valence electrons. The van der Waals surface area contributed by atoms with Gasteiger partial charge in [-0.2, -0.15) is 0 Å². The van der Waals surface area contributed by atoms with Crippen molar-refractivity contribution in [3.63, 3.8) is 0 Å². The molecule has 1 rings (SSSR count). The van der Waals surface area contributed by atoms with Crippen LogP contribution in [-0.2, 0) is 17.6 Å². The highest BCUT2D eigenvalue weighted by atomic mass is 16.4. The summed E-state index contributed by atoms with van der Waals surface area (Å²) in [4.78, 5) is 23.6. The Kier molecular flexibility index (Phi) is 6.00. The number of carbonyl (C=O) groups excluding carboxylic acids is 1. The van der Waals surface area contributed by atoms with Crippen molar-refractivity contribution in [2.24, 2.45) is 5.41 Å². The third-order valence-corrected chi connectivity index (χ3v) is 4.22. The number of hydrogen-bond donors (Lipinski definition) is 2. The van der Waals surface area contributed by atoms with Gasteiger partial charge in [-0.05, 0) is 30.9 Å². The molecule has 1 amide bonds. The van der Waals surface area contributed by atoms with Gasteiger partial charge in [0.05, 0.1) is 5.41 Å². The van der Waals surface area contributed by atoms with Gasteiger partial charge in [-0.3, -0.25) is 9.59 Å². The lowest BCUT2D eigenvalue weighted by Gasteiger charge is -2.26. The van der Waals surface area contributed by atoms with Gasteiger partial charge >= 0.3 is 5.97 Å². The van der Waals surface area contributed by atoms with Crippen LogP contribution < -0.4 is 5.32 Å². The van der Waals surface area contributed by atoms with Gasteiger partial charge in [0.15, 0.2) is 5.76 Å². The summed E-state index contributed by atoms with van der Waals surface area (Å²) in [7, 11) is 0. The van der Waals surface area contributed by atoms with Gasteiger partial charge in [0.25, 0.3) is 5.91 Å². The molecule has 0 saturated carbocycles. The highest BCUT2D eigenvalue weighted by Crippen LogP contribution is 2.26. The number of furan rings is 1. The molecular weight excluding hydrogens is 270 g/mol. The van der Waals surface area contributed by atoms with Gasteiger partial charge in [0.1, 0.15) is 5.76 Å². The molecule has 0 aliphatic rings. The zero-order valence-electron chi connectivity index (χ0n) is 13.3. The van der Waals surface area contributed by atoms with E-state index in [-0.39, 0.29) is 18.2 Å². The number of carboxylic acids is 1. The average molecular weight is 295 g/mol. The fraction of sp³-hybridized carbons (Fsp3) is 0.625. The quantitative estimate of drug-likeness (QED) is 0.772. The lowest BCUT2D eigenvalue weighted by atomic mass is 9.82. The lowest BCUT2D eigenvalue weighted by Crippen LogP contribution is -2.42. The zero-order valence-corrected chi connectivity index (χ0v) is 13.3. The number of hydrogen-bond acceptors (Lipinski definition) is 3. The molecule has 21 heavy (non-hydrogen) atoms. The van der Waals surface area contributed by atoms with Gasteiger partial charge in [-0.15, -0.1) is 0 Å². The maximum absolute atomic E-state index is 12.1. The van der Waals surface area contributed by atoms with Crippen molar-refractivity contribution in [2.45, 2.75) is 53.4 Å². The normalized spacial score (nSPS) is 11.4. The molecule has 0 aromatic carbocycles. The molecule has 0 bridgehead atoms. The van der Waals surface area contributed by atoms with E-state index in [2.05, 4.69) is 5.32 Å². The summed E-state index contributed by atoms with van der Waals surface area (Å²) >= 11 is 0. The Morgan fingerprint density at radius 2 is 1.81 bits per heavy atom. The Balaban J connectivity index is 2.82. The van der Waals surface area contributed by atoms with Gasteiger partial charge in [-0.25, -0.2) is 0 Å². The second kappa shape index (κ2) is 7.29. The van der Waals surface area contributed by atoms with Crippen molar-refractivity contribution in [3.05, 3.63) is 23.2 Å². The van der Waals surface area contributed by atoms with Crippen molar-refractivity contribution in [2.75, 3.05) is 6.54 Å². The lowest BCUT2D eigenvalue weighted by molar-refractivity contribution is -0.149. The number of carbonyl (C=O) groups is 2. The van der Waals surface area contributed by atoms with Crippen molar-refractivity contribution in [1.29, 1.82) is 0 Å². The number of rotatable bonds is 8. The van der Waals surface area contributed by atoms with Gasteiger partial charge < -0.3 is 14.8 Å². The largest absolute Gasteiger partial charge is 0.481 e. The van der Waals surface area contributed by atoms with Crippen LogP contribution in [0.1, 0.15) is 62.4 Å². The van der Waals surface area contributed by atoms with E-state index in [0.717, 1.165) is 24.2 Å². The Morgan fingerprint density at radius 3 is 2.19 bits per heavy atom. The van der Waals surface area contributed by atoms with Crippen LogP contribution in [0.3, 0.4) is 0 Å². The van der Waals surface area contributed by atoms with E-state index in [1.165, 1.54) is 0 Å². The van der Waals surface area contributed by atoms with Crippen LogP contribution in [0.2, 0.25) is 0 Å². The maximum Gasteiger partial charge on any atom is 0.311 e. The van der Waals surface area contributed by atoms with Crippen LogP contribution in [0.25, 0.3) is 0 Å². The molecule has 1 aromatic heterocycles. The van der Waals surface area contributed by atoms with Crippen LogP contribution in [-0.4, -0.2) is 23.5 Å². The van der Waals surface area contributed by atoms with E-state index in [0.29, 0.717) is 12.8 Å². The minimum Gasteiger partial charge on any atom is -0.481 e. The van der Waals surface area contributed by atoms with E-state index in [1.807, 2.05) is 27.7 Å². The Morgan fingerprint density at radius 1 is 1.19 bits per heavy atom. The van der Waals surface area contributed by atoms with Crippen molar-refractivity contribution >= 4 is 11.9 Å². The van der Waals surface area contributed by atoms with E-state index in [1.54, 1.807) is 6.07 Å². The predicted molar refractivity (Wildman–Crippen MR) is 80.4 cm³/mol. The maximum atomic E-state index is 12.1. The van der Waals surface area contributed by atoms with Crippen molar-refractivity contribution < 1.29 is 19.1 Å². The van der Waals surface area contributed by atoms with E-state index in [4.69, 9.17) is 4.42 Å². The standard InChI is InChI=1S/C16H25NO4/c1-5-11-9-13(21-12(11)6-2)14(18)17-10-16(7-3,8-4)15(19)20/h9H,5-8,10H2,1-4H3,(H,17,18)(H,19,20). The molecule has 0 radical (unpaired) electrons. The van der Waals surface area contributed by atoms with Gasteiger partial charge in [0.2, 0.25) is 0 Å². The smallest absolute Gasteiger partial charge is 0.311 e. The van der Waals surface area contributed by atoms with Crippen molar-refractivity contribution in [3.8, 4) is 0 Å². The Labute approximate surface area is 125 Å². The minimum absolute atomic E-state index is 0.109. The minimum atomic E-state index is -0.913. The van der Waals surface area contributed by atoms with Crippen LogP contribution >= 0.6 is 0 Å². The molecule has 0 unspecified atom stereocenters. The summed E-state index contributed by atoms with van der Waals surface area (Å²) in [5, 5.41) is 12.1. The molecule has 2 N–H and O–H groups in total. The topological polar surface area (TPSA) is 79.5 Å². The summed E-state index contributed by atoms with van der Waals surface area (Å²) < 4.78 is 5.55. The van der Waals surface area contributed by atoms with E-state index in [9.17, 15) is 14.7 Å². The number of carboxylic acid groups (broad SMARTS) is 1.